The molecule has 0 heterocycles. The van der Waals surface area contributed by atoms with Gasteiger partial charge in [0.05, 0.1) is 0 Å². The molecule has 2 aromatic carbocycles. The number of benzene rings is 2. The topological polar surface area (TPSA) is 58.6 Å². The molecule has 0 radical (unpaired) electrons. The molecule has 0 bridgehead atoms. The zero-order chi connectivity index (χ0) is 19.4. The minimum atomic E-state index is -1.84. The fourth-order valence-electron chi connectivity index (χ4n) is 2.91. The third kappa shape index (κ3) is 4.45. The summed E-state index contributed by atoms with van der Waals surface area (Å²) in [7, 11) is 3.32. The molecule has 5 nitrogen and oxygen atoms in total. The molecule has 6 heteroatoms. The number of carbonyl (C=O) groups excluding carboxylic acids is 2. The maximum Gasteiger partial charge on any atom is 0.259 e. The Balaban J connectivity index is 1.54. The van der Waals surface area contributed by atoms with Gasteiger partial charge in [-0.2, -0.15) is 0 Å². The lowest BCUT2D eigenvalue weighted by molar-refractivity contribution is -0.130. The molecule has 0 aliphatic heterocycles. The quantitative estimate of drug-likeness (QED) is 0.815. The molecule has 0 spiro atoms. The maximum atomic E-state index is 14.8. The van der Waals surface area contributed by atoms with Crippen LogP contribution in [0.3, 0.4) is 0 Å². The predicted molar refractivity (Wildman–Crippen MR) is 100 cm³/mol. The van der Waals surface area contributed by atoms with Crippen LogP contribution in [-0.2, 0) is 16.1 Å². The number of amides is 2. The molecule has 142 valence electrons. The van der Waals surface area contributed by atoms with Gasteiger partial charge in [-0.05, 0) is 23.3 Å². The Kier molecular flexibility index (Phi) is 5.44. The van der Waals surface area contributed by atoms with Crippen molar-refractivity contribution in [3.05, 3.63) is 65.7 Å². The molecule has 0 unspecified atom stereocenters. The highest BCUT2D eigenvalue weighted by atomic mass is 19.1. The predicted octanol–water partition coefficient (Wildman–Crippen LogP) is 2.67. The molecule has 2 aromatic rings. The van der Waals surface area contributed by atoms with Crippen molar-refractivity contribution < 1.29 is 18.7 Å². The minimum absolute atomic E-state index is 0.0604. The number of likely N-dealkylation sites (N-methyl/N-ethyl adjacent to an activating group) is 1. The van der Waals surface area contributed by atoms with Gasteiger partial charge < -0.3 is 15.0 Å². The normalized spacial score (nSPS) is 20.6. The van der Waals surface area contributed by atoms with E-state index in [0.717, 1.165) is 11.1 Å². The third-order valence-corrected chi connectivity index (χ3v) is 4.69. The summed E-state index contributed by atoms with van der Waals surface area (Å²) in [5.74, 6) is -0.592. The zero-order valence-electron chi connectivity index (χ0n) is 15.4. The van der Waals surface area contributed by atoms with E-state index in [-0.39, 0.29) is 31.4 Å². The van der Waals surface area contributed by atoms with Crippen molar-refractivity contribution in [1.82, 2.24) is 10.2 Å². The van der Waals surface area contributed by atoms with Crippen molar-refractivity contribution in [3.63, 3.8) is 0 Å². The Morgan fingerprint density at radius 1 is 1.19 bits per heavy atom. The first-order valence-electron chi connectivity index (χ1n) is 8.84. The average molecular weight is 370 g/mol. The largest absolute Gasteiger partial charge is 0.484 e. The molecule has 1 N–H and O–H groups in total. The fourth-order valence-corrected chi connectivity index (χ4v) is 2.91. The number of alkyl halides is 1. The van der Waals surface area contributed by atoms with Gasteiger partial charge in [-0.3, -0.25) is 9.59 Å². The SMILES string of the molecule is CN(C)C(=O)COc1cccc(CNC(=O)[C@]2(F)C[C@H]2c2ccccc2)c1. The molecule has 3 rings (SSSR count). The Labute approximate surface area is 158 Å². The molecule has 1 aliphatic rings. The van der Waals surface area contributed by atoms with Crippen molar-refractivity contribution in [2.75, 3.05) is 20.7 Å². The molecule has 1 aliphatic carbocycles. The van der Waals surface area contributed by atoms with Crippen molar-refractivity contribution >= 4 is 11.8 Å². The molecule has 2 atom stereocenters. The second kappa shape index (κ2) is 7.78. The fraction of sp³-hybridized carbons (Fsp3) is 0.333. The highest BCUT2D eigenvalue weighted by molar-refractivity contribution is 5.90. The number of nitrogens with zero attached hydrogens (tertiary/aromatic N) is 1. The van der Waals surface area contributed by atoms with Gasteiger partial charge in [-0.1, -0.05) is 42.5 Å². The van der Waals surface area contributed by atoms with E-state index in [4.69, 9.17) is 4.74 Å². The number of halogens is 1. The van der Waals surface area contributed by atoms with Gasteiger partial charge in [0.25, 0.3) is 11.8 Å². The van der Waals surface area contributed by atoms with E-state index in [1.807, 2.05) is 36.4 Å². The highest BCUT2D eigenvalue weighted by Gasteiger charge is 2.61. The molecule has 0 aromatic heterocycles. The van der Waals surface area contributed by atoms with Crippen LogP contribution in [0, 0.1) is 0 Å². The van der Waals surface area contributed by atoms with E-state index in [1.165, 1.54) is 4.90 Å². The summed E-state index contributed by atoms with van der Waals surface area (Å²) < 4.78 is 20.3. The number of nitrogens with one attached hydrogen (secondary N) is 1. The van der Waals surface area contributed by atoms with E-state index in [1.54, 1.807) is 32.3 Å². The molecule has 0 saturated heterocycles. The number of hydrogen-bond donors (Lipinski definition) is 1. The second-order valence-electron chi connectivity index (χ2n) is 6.94. The van der Waals surface area contributed by atoms with E-state index >= 15 is 0 Å². The number of hydrogen-bond acceptors (Lipinski definition) is 3. The monoisotopic (exact) mass is 370 g/mol. The highest BCUT2D eigenvalue weighted by Crippen LogP contribution is 2.54. The van der Waals surface area contributed by atoms with E-state index in [0.29, 0.717) is 5.75 Å². The van der Waals surface area contributed by atoms with Crippen LogP contribution in [0.4, 0.5) is 4.39 Å². The van der Waals surface area contributed by atoms with Gasteiger partial charge >= 0.3 is 0 Å². The van der Waals surface area contributed by atoms with Crippen LogP contribution < -0.4 is 10.1 Å². The van der Waals surface area contributed by atoms with Crippen molar-refractivity contribution in [1.29, 1.82) is 0 Å². The van der Waals surface area contributed by atoms with Crippen LogP contribution in [0.2, 0.25) is 0 Å². The molecular weight excluding hydrogens is 347 g/mol. The summed E-state index contributed by atoms with van der Waals surface area (Å²) in [5.41, 5.74) is -0.220. The van der Waals surface area contributed by atoms with E-state index < -0.39 is 11.6 Å². The first-order chi connectivity index (χ1) is 12.9. The summed E-state index contributed by atoms with van der Waals surface area (Å²) >= 11 is 0. The zero-order valence-corrected chi connectivity index (χ0v) is 15.4. The summed E-state index contributed by atoms with van der Waals surface area (Å²) in [6.07, 6.45) is 0.207. The van der Waals surface area contributed by atoms with Gasteiger partial charge in [0.2, 0.25) is 0 Å². The Morgan fingerprint density at radius 2 is 1.93 bits per heavy atom. The van der Waals surface area contributed by atoms with Crippen LogP contribution in [0.25, 0.3) is 0 Å². The smallest absolute Gasteiger partial charge is 0.259 e. The van der Waals surface area contributed by atoms with E-state index in [9.17, 15) is 14.0 Å². The first kappa shape index (κ1) is 18.9. The van der Waals surface area contributed by atoms with Crippen molar-refractivity contribution in [3.8, 4) is 5.75 Å². The lowest BCUT2D eigenvalue weighted by atomic mass is 10.1. The molecule has 1 saturated carbocycles. The number of ether oxygens (including phenoxy) is 1. The van der Waals surface area contributed by atoms with Crippen LogP contribution >= 0.6 is 0 Å². The Morgan fingerprint density at radius 3 is 2.63 bits per heavy atom. The van der Waals surface area contributed by atoms with Gasteiger partial charge in [0, 0.05) is 33.0 Å². The van der Waals surface area contributed by atoms with Crippen LogP contribution in [0.5, 0.6) is 5.75 Å². The Bertz CT molecular complexity index is 825. The van der Waals surface area contributed by atoms with Gasteiger partial charge in [-0.25, -0.2) is 4.39 Å². The average Bonchev–Trinajstić information content (AvgIpc) is 3.38. The molecule has 27 heavy (non-hydrogen) atoms. The third-order valence-electron chi connectivity index (χ3n) is 4.69. The lowest BCUT2D eigenvalue weighted by Gasteiger charge is -2.13. The van der Waals surface area contributed by atoms with Crippen LogP contribution in [0.1, 0.15) is 23.5 Å². The minimum Gasteiger partial charge on any atom is -0.484 e. The molecule has 1 fully saturated rings. The summed E-state index contributed by atoms with van der Waals surface area (Å²) in [6.45, 7) is 0.139. The maximum absolute atomic E-state index is 14.8. The first-order valence-corrected chi connectivity index (χ1v) is 8.84. The summed E-state index contributed by atoms with van der Waals surface area (Å²) in [6, 6.07) is 16.3. The van der Waals surface area contributed by atoms with Crippen LogP contribution in [-0.4, -0.2) is 43.1 Å². The second-order valence-corrected chi connectivity index (χ2v) is 6.94. The van der Waals surface area contributed by atoms with Crippen molar-refractivity contribution in [2.24, 2.45) is 0 Å². The van der Waals surface area contributed by atoms with Gasteiger partial charge in [0.15, 0.2) is 12.3 Å². The van der Waals surface area contributed by atoms with Crippen molar-refractivity contribution in [2.45, 2.75) is 24.6 Å². The van der Waals surface area contributed by atoms with Gasteiger partial charge in [-0.15, -0.1) is 0 Å². The summed E-state index contributed by atoms with van der Waals surface area (Å²) in [4.78, 5) is 25.3. The van der Waals surface area contributed by atoms with Gasteiger partial charge in [0.1, 0.15) is 5.75 Å². The van der Waals surface area contributed by atoms with Crippen LogP contribution in [0.15, 0.2) is 54.6 Å². The van der Waals surface area contributed by atoms with E-state index in [2.05, 4.69) is 5.32 Å². The molecule has 2 amide bonds. The number of rotatable bonds is 7. The number of carbonyl (C=O) groups is 2. The Hall–Kier alpha value is -2.89. The summed E-state index contributed by atoms with van der Waals surface area (Å²) in [5, 5.41) is 2.67. The lowest BCUT2D eigenvalue weighted by Crippen LogP contribution is -2.34. The molecular formula is C21H23FN2O3. The standard InChI is InChI=1S/C21H23FN2O3/c1-24(2)19(25)14-27-17-10-6-7-15(11-17)13-23-20(26)21(22)12-18(21)16-8-4-3-5-9-16/h3-11,18H,12-14H2,1-2H3,(H,23,26)/t18-,21-/m0/s1.